The van der Waals surface area contributed by atoms with Crippen LogP contribution in [-0.2, 0) is 4.74 Å². The Balaban J connectivity index is 0.00000106. The molecule has 0 spiro atoms. The summed E-state index contributed by atoms with van der Waals surface area (Å²) in [5.74, 6) is 0. The molecule has 5 heteroatoms. The smallest absolute Gasteiger partial charge is 0.410 e. The van der Waals surface area contributed by atoms with Crippen LogP contribution in [0.15, 0.2) is 0 Å². The van der Waals surface area contributed by atoms with Gasteiger partial charge in [-0.2, -0.15) is 0 Å². The average molecular weight is 232 g/mol. The number of ether oxygens (including phenoxy) is 1. The van der Waals surface area contributed by atoms with Crippen molar-refractivity contribution in [3.63, 3.8) is 0 Å². The number of likely N-dealkylation sites (N-methyl/N-ethyl adjacent to an activating group) is 1. The number of carbonyl (C=O) groups excluding carboxylic acids is 1. The minimum atomic E-state index is -0.388. The first-order chi connectivity index (χ1) is 7.38. The summed E-state index contributed by atoms with van der Waals surface area (Å²) in [6, 6.07) is 0. The number of hydrogen-bond donors (Lipinski definition) is 1. The summed E-state index contributed by atoms with van der Waals surface area (Å²) < 4.78 is 5.28. The van der Waals surface area contributed by atoms with Gasteiger partial charge in [0.2, 0.25) is 0 Å². The fourth-order valence-corrected chi connectivity index (χ4v) is 1.32. The first kappa shape index (κ1) is 15.2. The molecule has 96 valence electrons. The molecule has 0 bridgehead atoms. The Hall–Kier alpha value is -0.810. The molecule has 0 aromatic heterocycles. The minimum Gasteiger partial charge on any atom is -0.444 e. The van der Waals surface area contributed by atoms with Crippen molar-refractivity contribution in [1.82, 2.24) is 9.80 Å². The van der Waals surface area contributed by atoms with E-state index >= 15 is 0 Å². The van der Waals surface area contributed by atoms with Gasteiger partial charge in [-0.1, -0.05) is 0 Å². The van der Waals surface area contributed by atoms with Crippen LogP contribution in [0.1, 0.15) is 20.8 Å². The highest BCUT2D eigenvalue weighted by Crippen LogP contribution is 2.11. The molecule has 0 aromatic rings. The third-order valence-electron chi connectivity index (χ3n) is 2.15. The molecule has 16 heavy (non-hydrogen) atoms. The Labute approximate surface area is 98.0 Å². The van der Waals surface area contributed by atoms with Crippen LogP contribution in [0.5, 0.6) is 0 Å². The highest BCUT2D eigenvalue weighted by molar-refractivity contribution is 5.68. The van der Waals surface area contributed by atoms with Crippen molar-refractivity contribution < 1.29 is 14.6 Å². The van der Waals surface area contributed by atoms with E-state index in [1.165, 1.54) is 0 Å². The number of hydrogen-bond acceptors (Lipinski definition) is 4. The van der Waals surface area contributed by atoms with Crippen molar-refractivity contribution in [3.05, 3.63) is 0 Å². The summed E-state index contributed by atoms with van der Waals surface area (Å²) in [5.41, 5.74) is -0.388. The largest absolute Gasteiger partial charge is 0.444 e. The van der Waals surface area contributed by atoms with Crippen LogP contribution in [-0.4, -0.2) is 66.9 Å². The van der Waals surface area contributed by atoms with E-state index in [1.807, 2.05) is 20.8 Å². The lowest BCUT2D eigenvalue weighted by atomic mass is 10.2. The summed E-state index contributed by atoms with van der Waals surface area (Å²) in [5, 5.41) is 7.00. The summed E-state index contributed by atoms with van der Waals surface area (Å²) in [6.07, 6.45) is -0.189. The van der Waals surface area contributed by atoms with E-state index in [1.54, 1.807) is 4.90 Å². The van der Waals surface area contributed by atoms with Gasteiger partial charge in [0.15, 0.2) is 0 Å². The highest BCUT2D eigenvalue weighted by Gasteiger charge is 2.24. The molecule has 1 amide bonds. The zero-order valence-electron chi connectivity index (χ0n) is 11.0. The SMILES string of the molecule is CN1CCN(C(=O)OC(C)(C)C)CC1.CO. The lowest BCUT2D eigenvalue weighted by Gasteiger charge is -2.33. The fraction of sp³-hybridized carbons (Fsp3) is 0.909. The maximum atomic E-state index is 11.6. The van der Waals surface area contributed by atoms with E-state index in [-0.39, 0.29) is 11.7 Å². The number of carbonyl (C=O) groups is 1. The van der Waals surface area contributed by atoms with Crippen molar-refractivity contribution in [1.29, 1.82) is 0 Å². The van der Waals surface area contributed by atoms with Gasteiger partial charge in [-0.15, -0.1) is 0 Å². The lowest BCUT2D eigenvalue weighted by molar-refractivity contribution is 0.0164. The second-order valence-electron chi connectivity index (χ2n) is 4.77. The van der Waals surface area contributed by atoms with Crippen LogP contribution in [0.4, 0.5) is 4.79 Å². The molecule has 0 atom stereocenters. The van der Waals surface area contributed by atoms with E-state index in [2.05, 4.69) is 11.9 Å². The molecule has 0 radical (unpaired) electrons. The number of nitrogens with zero attached hydrogens (tertiary/aromatic N) is 2. The van der Waals surface area contributed by atoms with Gasteiger partial charge in [-0.05, 0) is 27.8 Å². The number of aliphatic hydroxyl groups is 1. The van der Waals surface area contributed by atoms with Gasteiger partial charge in [-0.25, -0.2) is 4.79 Å². The minimum absolute atomic E-state index is 0.189. The first-order valence-electron chi connectivity index (χ1n) is 5.50. The predicted octanol–water partition coefficient (Wildman–Crippen LogP) is 0.777. The lowest BCUT2D eigenvalue weighted by Crippen LogP contribution is -2.48. The van der Waals surface area contributed by atoms with Crippen LogP contribution in [0, 0.1) is 0 Å². The highest BCUT2D eigenvalue weighted by atomic mass is 16.6. The monoisotopic (exact) mass is 232 g/mol. The Bertz CT molecular complexity index is 206. The Morgan fingerprint density at radius 1 is 1.12 bits per heavy atom. The number of piperazine rings is 1. The third-order valence-corrected chi connectivity index (χ3v) is 2.15. The molecule has 1 aliphatic heterocycles. The van der Waals surface area contributed by atoms with Gasteiger partial charge >= 0.3 is 6.09 Å². The van der Waals surface area contributed by atoms with Gasteiger partial charge in [0.25, 0.3) is 0 Å². The summed E-state index contributed by atoms with van der Waals surface area (Å²) in [6.45, 7) is 9.07. The average Bonchev–Trinajstić information content (AvgIpc) is 2.19. The van der Waals surface area contributed by atoms with Crippen LogP contribution in [0.2, 0.25) is 0 Å². The van der Waals surface area contributed by atoms with Crippen molar-refractivity contribution >= 4 is 6.09 Å². The van der Waals surface area contributed by atoms with Gasteiger partial charge in [0.05, 0.1) is 0 Å². The molecule has 1 fully saturated rings. The van der Waals surface area contributed by atoms with Crippen LogP contribution in [0.25, 0.3) is 0 Å². The fourth-order valence-electron chi connectivity index (χ4n) is 1.32. The normalized spacial score (nSPS) is 17.5. The predicted molar refractivity (Wildman–Crippen MR) is 63.4 cm³/mol. The van der Waals surface area contributed by atoms with E-state index in [4.69, 9.17) is 9.84 Å². The number of rotatable bonds is 0. The summed E-state index contributed by atoms with van der Waals surface area (Å²) in [7, 11) is 3.06. The molecule has 5 nitrogen and oxygen atoms in total. The molecule has 1 N–H and O–H groups in total. The second-order valence-corrected chi connectivity index (χ2v) is 4.77. The topological polar surface area (TPSA) is 53.0 Å². The van der Waals surface area contributed by atoms with E-state index in [9.17, 15) is 4.79 Å². The summed E-state index contributed by atoms with van der Waals surface area (Å²) >= 11 is 0. The van der Waals surface area contributed by atoms with Crippen molar-refractivity contribution in [3.8, 4) is 0 Å². The molecular weight excluding hydrogens is 208 g/mol. The first-order valence-corrected chi connectivity index (χ1v) is 5.50. The van der Waals surface area contributed by atoms with E-state index in [0.717, 1.165) is 33.3 Å². The molecule has 1 saturated heterocycles. The third kappa shape index (κ3) is 5.92. The van der Waals surface area contributed by atoms with Crippen molar-refractivity contribution in [2.45, 2.75) is 26.4 Å². The van der Waals surface area contributed by atoms with Crippen LogP contribution in [0.3, 0.4) is 0 Å². The Kier molecular flexibility index (Phi) is 6.36. The van der Waals surface area contributed by atoms with Crippen LogP contribution >= 0.6 is 0 Å². The number of amides is 1. The quantitative estimate of drug-likeness (QED) is 0.670. The molecular formula is C11H24N2O3. The van der Waals surface area contributed by atoms with Crippen molar-refractivity contribution in [2.24, 2.45) is 0 Å². The zero-order chi connectivity index (χ0) is 12.8. The Morgan fingerprint density at radius 2 is 1.56 bits per heavy atom. The second kappa shape index (κ2) is 6.70. The molecule has 1 aliphatic rings. The molecule has 0 unspecified atom stereocenters. The molecule has 0 aliphatic carbocycles. The summed E-state index contributed by atoms with van der Waals surface area (Å²) in [4.78, 5) is 15.6. The van der Waals surface area contributed by atoms with Crippen molar-refractivity contribution in [2.75, 3.05) is 40.3 Å². The standard InChI is InChI=1S/C10H20N2O2.CH4O/c1-10(2,3)14-9(13)12-7-5-11(4)6-8-12;1-2/h5-8H2,1-4H3;2H,1H3. The zero-order valence-corrected chi connectivity index (χ0v) is 11.0. The molecule has 1 rings (SSSR count). The number of aliphatic hydroxyl groups excluding tert-OH is 1. The van der Waals surface area contributed by atoms with E-state index < -0.39 is 0 Å². The maximum Gasteiger partial charge on any atom is 0.410 e. The van der Waals surface area contributed by atoms with Gasteiger partial charge in [-0.3, -0.25) is 0 Å². The Morgan fingerprint density at radius 3 is 1.94 bits per heavy atom. The van der Waals surface area contributed by atoms with E-state index in [0.29, 0.717) is 0 Å². The maximum absolute atomic E-state index is 11.6. The van der Waals surface area contributed by atoms with Gasteiger partial charge in [0, 0.05) is 33.3 Å². The van der Waals surface area contributed by atoms with Crippen LogP contribution < -0.4 is 0 Å². The molecule has 1 heterocycles. The molecule has 0 aromatic carbocycles. The van der Waals surface area contributed by atoms with Gasteiger partial charge in [0.1, 0.15) is 5.60 Å². The van der Waals surface area contributed by atoms with Gasteiger partial charge < -0.3 is 19.6 Å². The molecule has 0 saturated carbocycles.